The van der Waals surface area contributed by atoms with Gasteiger partial charge in [0.25, 0.3) is 11.8 Å². The van der Waals surface area contributed by atoms with Gasteiger partial charge in [-0.3, -0.25) is 4.79 Å². The lowest BCUT2D eigenvalue weighted by atomic mass is 10.2. The van der Waals surface area contributed by atoms with E-state index in [4.69, 9.17) is 4.74 Å². The summed E-state index contributed by atoms with van der Waals surface area (Å²) in [7, 11) is 0. The van der Waals surface area contributed by atoms with E-state index in [2.05, 4.69) is 25.5 Å². The van der Waals surface area contributed by atoms with Crippen LogP contribution < -0.4 is 4.74 Å². The fourth-order valence-electron chi connectivity index (χ4n) is 3.13. The molecule has 144 valence electrons. The van der Waals surface area contributed by atoms with Crippen molar-refractivity contribution < 1.29 is 13.9 Å². The molecule has 1 unspecified atom stereocenters. The smallest absolute Gasteiger partial charge is 0.254 e. The van der Waals surface area contributed by atoms with Crippen LogP contribution in [-0.4, -0.2) is 60.2 Å². The highest BCUT2D eigenvalue weighted by atomic mass is 19.1. The SMILES string of the molecule is CCc1ncnc(OC2CCN(C(=O)c3cccc(-n4cnnn4)c3)C2)c1F. The molecule has 4 rings (SSSR count). The zero-order valence-electron chi connectivity index (χ0n) is 15.2. The molecule has 3 heterocycles. The van der Waals surface area contributed by atoms with E-state index in [1.165, 1.54) is 17.3 Å². The monoisotopic (exact) mass is 383 g/mol. The first-order valence-corrected chi connectivity index (χ1v) is 8.94. The maximum atomic E-state index is 14.3. The number of halogens is 1. The van der Waals surface area contributed by atoms with Gasteiger partial charge in [-0.2, -0.15) is 9.37 Å². The average Bonchev–Trinajstić information content (AvgIpc) is 3.41. The molecule has 3 aromatic rings. The number of tetrazole rings is 1. The Morgan fingerprint density at radius 3 is 3.04 bits per heavy atom. The van der Waals surface area contributed by atoms with Gasteiger partial charge in [0.15, 0.2) is 0 Å². The molecular formula is C18H18FN7O2. The van der Waals surface area contributed by atoms with Gasteiger partial charge in [-0.15, -0.1) is 5.10 Å². The summed E-state index contributed by atoms with van der Waals surface area (Å²) in [6.45, 7) is 2.69. The van der Waals surface area contributed by atoms with Gasteiger partial charge in [-0.25, -0.2) is 9.67 Å². The van der Waals surface area contributed by atoms with Crippen LogP contribution in [0.5, 0.6) is 5.88 Å². The fraction of sp³-hybridized carbons (Fsp3) is 0.333. The molecule has 1 atom stereocenters. The zero-order valence-corrected chi connectivity index (χ0v) is 15.2. The molecule has 0 spiro atoms. The molecule has 10 heteroatoms. The molecule has 28 heavy (non-hydrogen) atoms. The molecule has 0 N–H and O–H groups in total. The van der Waals surface area contributed by atoms with Crippen LogP contribution in [0.3, 0.4) is 0 Å². The number of hydrogen-bond acceptors (Lipinski definition) is 7. The van der Waals surface area contributed by atoms with Crippen molar-refractivity contribution >= 4 is 5.91 Å². The van der Waals surface area contributed by atoms with Crippen LogP contribution in [0.1, 0.15) is 29.4 Å². The minimum Gasteiger partial charge on any atom is -0.470 e. The van der Waals surface area contributed by atoms with Gasteiger partial charge in [0.1, 0.15) is 18.8 Å². The van der Waals surface area contributed by atoms with E-state index in [0.717, 1.165) is 0 Å². The maximum absolute atomic E-state index is 14.3. The number of benzene rings is 1. The van der Waals surface area contributed by atoms with E-state index in [1.807, 2.05) is 13.0 Å². The van der Waals surface area contributed by atoms with Gasteiger partial charge in [0.05, 0.1) is 17.9 Å². The molecule has 1 saturated heterocycles. The summed E-state index contributed by atoms with van der Waals surface area (Å²) in [5.41, 5.74) is 1.53. The first-order chi connectivity index (χ1) is 13.7. The molecule has 1 amide bonds. The van der Waals surface area contributed by atoms with E-state index < -0.39 is 5.82 Å². The van der Waals surface area contributed by atoms with Crippen molar-refractivity contribution in [3.05, 3.63) is 54.0 Å². The second-order valence-corrected chi connectivity index (χ2v) is 6.38. The minimum absolute atomic E-state index is 0.0631. The summed E-state index contributed by atoms with van der Waals surface area (Å²) in [6, 6.07) is 7.05. The van der Waals surface area contributed by atoms with Crippen LogP contribution in [0.2, 0.25) is 0 Å². The average molecular weight is 383 g/mol. The summed E-state index contributed by atoms with van der Waals surface area (Å²) >= 11 is 0. The van der Waals surface area contributed by atoms with Crippen LogP contribution in [0.15, 0.2) is 36.9 Å². The number of rotatable bonds is 5. The third-order valence-corrected chi connectivity index (χ3v) is 4.58. The summed E-state index contributed by atoms with van der Waals surface area (Å²) in [6.07, 6.45) is 3.49. The Morgan fingerprint density at radius 2 is 2.25 bits per heavy atom. The predicted molar refractivity (Wildman–Crippen MR) is 95.5 cm³/mol. The van der Waals surface area contributed by atoms with Crippen LogP contribution in [0, 0.1) is 5.82 Å². The number of likely N-dealkylation sites (tertiary alicyclic amines) is 1. The molecule has 1 fully saturated rings. The van der Waals surface area contributed by atoms with Crippen LogP contribution in [0.25, 0.3) is 5.69 Å². The lowest BCUT2D eigenvalue weighted by Crippen LogP contribution is -2.31. The zero-order chi connectivity index (χ0) is 19.5. The first kappa shape index (κ1) is 18.0. The highest BCUT2D eigenvalue weighted by Crippen LogP contribution is 2.22. The molecule has 0 radical (unpaired) electrons. The van der Waals surface area contributed by atoms with E-state index in [-0.39, 0.29) is 17.9 Å². The summed E-state index contributed by atoms with van der Waals surface area (Å²) in [4.78, 5) is 22.3. The number of nitrogens with zero attached hydrogens (tertiary/aromatic N) is 7. The lowest BCUT2D eigenvalue weighted by Gasteiger charge is -2.17. The Bertz CT molecular complexity index is 980. The van der Waals surface area contributed by atoms with Crippen molar-refractivity contribution in [3.63, 3.8) is 0 Å². The molecular weight excluding hydrogens is 365 g/mol. The van der Waals surface area contributed by atoms with Crippen molar-refractivity contribution in [2.75, 3.05) is 13.1 Å². The predicted octanol–water partition coefficient (Wildman–Crippen LogP) is 1.45. The highest BCUT2D eigenvalue weighted by molar-refractivity contribution is 5.95. The molecule has 1 aliphatic rings. The van der Waals surface area contributed by atoms with Crippen molar-refractivity contribution in [1.82, 2.24) is 35.1 Å². The topological polar surface area (TPSA) is 98.9 Å². The fourth-order valence-corrected chi connectivity index (χ4v) is 3.13. The molecule has 1 aliphatic heterocycles. The Hall–Kier alpha value is -3.43. The Labute approximate surface area is 160 Å². The van der Waals surface area contributed by atoms with Gasteiger partial charge in [-0.1, -0.05) is 13.0 Å². The normalized spacial score (nSPS) is 16.4. The standard InChI is InChI=1S/C18H18FN7O2/c1-2-15-16(19)17(21-10-20-15)28-14-6-7-25(9-14)18(27)12-4-3-5-13(8-12)26-11-22-23-24-26/h3-5,8,10-11,14H,2,6-7,9H2,1H3. The summed E-state index contributed by atoms with van der Waals surface area (Å²) in [5.74, 6) is -0.728. The van der Waals surface area contributed by atoms with Gasteiger partial charge >= 0.3 is 0 Å². The molecule has 0 aliphatic carbocycles. The number of carbonyl (C=O) groups is 1. The second kappa shape index (κ2) is 7.67. The molecule has 0 saturated carbocycles. The second-order valence-electron chi connectivity index (χ2n) is 6.38. The maximum Gasteiger partial charge on any atom is 0.254 e. The van der Waals surface area contributed by atoms with Crippen molar-refractivity contribution in [2.45, 2.75) is 25.9 Å². The Balaban J connectivity index is 1.44. The number of carbonyl (C=O) groups excluding carboxylic acids is 1. The van der Waals surface area contributed by atoms with E-state index in [1.54, 1.807) is 23.1 Å². The largest absolute Gasteiger partial charge is 0.470 e. The Kier molecular flexibility index (Phi) is 4.92. The number of aryl methyl sites for hydroxylation is 1. The van der Waals surface area contributed by atoms with Gasteiger partial charge < -0.3 is 9.64 Å². The van der Waals surface area contributed by atoms with E-state index in [9.17, 15) is 9.18 Å². The summed E-state index contributed by atoms with van der Waals surface area (Å²) in [5, 5.41) is 11.0. The molecule has 1 aromatic carbocycles. The van der Waals surface area contributed by atoms with Crippen molar-refractivity contribution in [1.29, 1.82) is 0 Å². The van der Waals surface area contributed by atoms with Crippen molar-refractivity contribution in [3.8, 4) is 11.6 Å². The highest BCUT2D eigenvalue weighted by Gasteiger charge is 2.29. The molecule has 2 aromatic heterocycles. The summed E-state index contributed by atoms with van der Waals surface area (Å²) < 4.78 is 21.5. The number of aromatic nitrogens is 6. The van der Waals surface area contributed by atoms with E-state index >= 15 is 0 Å². The number of hydrogen-bond donors (Lipinski definition) is 0. The third kappa shape index (κ3) is 3.53. The first-order valence-electron chi connectivity index (χ1n) is 8.94. The minimum atomic E-state index is -0.538. The lowest BCUT2D eigenvalue weighted by molar-refractivity contribution is 0.0770. The Morgan fingerprint density at radius 1 is 1.36 bits per heavy atom. The number of ether oxygens (including phenoxy) is 1. The quantitative estimate of drug-likeness (QED) is 0.657. The van der Waals surface area contributed by atoms with Crippen LogP contribution >= 0.6 is 0 Å². The third-order valence-electron chi connectivity index (χ3n) is 4.58. The van der Waals surface area contributed by atoms with Crippen LogP contribution in [0.4, 0.5) is 4.39 Å². The van der Waals surface area contributed by atoms with Gasteiger partial charge in [0, 0.05) is 18.5 Å². The van der Waals surface area contributed by atoms with Gasteiger partial charge in [0.2, 0.25) is 5.82 Å². The van der Waals surface area contributed by atoms with Crippen molar-refractivity contribution in [2.24, 2.45) is 0 Å². The molecule has 0 bridgehead atoms. The molecule has 9 nitrogen and oxygen atoms in total. The van der Waals surface area contributed by atoms with E-state index in [0.29, 0.717) is 42.9 Å². The van der Waals surface area contributed by atoms with Gasteiger partial charge in [-0.05, 0) is 35.0 Å². The van der Waals surface area contributed by atoms with Crippen LogP contribution in [-0.2, 0) is 6.42 Å². The number of amides is 1.